The molecule has 0 amide bonds. The molecule has 0 fully saturated rings. The molecule has 0 saturated carbocycles. The maximum atomic E-state index is 11.8. The minimum atomic E-state index is -3.37. The second-order valence-electron chi connectivity index (χ2n) is 3.33. The van der Waals surface area contributed by atoms with Gasteiger partial charge in [0.2, 0.25) is 10.0 Å². The van der Waals surface area contributed by atoms with Crippen LogP contribution in [0.5, 0.6) is 0 Å². The van der Waals surface area contributed by atoms with Crippen LogP contribution in [0.1, 0.15) is 18.2 Å². The van der Waals surface area contributed by atoms with Crippen LogP contribution < -0.4 is 10.5 Å². The summed E-state index contributed by atoms with van der Waals surface area (Å²) in [6, 6.07) is 3.23. The Morgan fingerprint density at radius 1 is 1.53 bits per heavy atom. The highest BCUT2D eigenvalue weighted by Gasteiger charge is 2.19. The molecule has 1 unspecified atom stereocenters. The van der Waals surface area contributed by atoms with Gasteiger partial charge in [-0.1, -0.05) is 6.92 Å². The number of sulfonamides is 1. The quantitative estimate of drug-likeness (QED) is 0.819. The van der Waals surface area contributed by atoms with Gasteiger partial charge in [0.25, 0.3) is 0 Å². The molecule has 1 aromatic rings. The van der Waals surface area contributed by atoms with Crippen molar-refractivity contribution in [1.29, 1.82) is 0 Å². The number of rotatable bonds is 5. The maximum Gasteiger partial charge on any atom is 0.250 e. The Bertz CT molecular complexity index is 408. The van der Waals surface area contributed by atoms with E-state index in [9.17, 15) is 8.42 Å². The monoisotopic (exact) mass is 248 g/mol. The summed E-state index contributed by atoms with van der Waals surface area (Å²) in [7, 11) is -3.37. The smallest absolute Gasteiger partial charge is 0.250 e. The summed E-state index contributed by atoms with van der Waals surface area (Å²) in [5.74, 6) is 0. The normalized spacial score (nSPS) is 14.1. The summed E-state index contributed by atoms with van der Waals surface area (Å²) in [5.41, 5.74) is 5.45. The van der Waals surface area contributed by atoms with E-state index in [1.807, 2.05) is 13.8 Å². The van der Waals surface area contributed by atoms with Gasteiger partial charge < -0.3 is 5.73 Å². The summed E-state index contributed by atoms with van der Waals surface area (Å²) in [5, 5.41) is 0. The van der Waals surface area contributed by atoms with Crippen LogP contribution in [-0.4, -0.2) is 21.0 Å². The highest BCUT2D eigenvalue weighted by molar-refractivity contribution is 7.91. The van der Waals surface area contributed by atoms with Crippen molar-refractivity contribution in [3.05, 3.63) is 17.0 Å². The van der Waals surface area contributed by atoms with E-state index in [0.717, 1.165) is 4.88 Å². The molecule has 1 heterocycles. The molecule has 86 valence electrons. The molecule has 3 N–H and O–H groups in total. The maximum absolute atomic E-state index is 11.8. The number of thiophene rings is 1. The van der Waals surface area contributed by atoms with Crippen LogP contribution >= 0.6 is 11.3 Å². The molecule has 0 aliphatic heterocycles. The lowest BCUT2D eigenvalue weighted by atomic mass is 10.2. The van der Waals surface area contributed by atoms with E-state index in [-0.39, 0.29) is 6.04 Å². The van der Waals surface area contributed by atoms with Crippen molar-refractivity contribution in [2.45, 2.75) is 30.5 Å². The minimum absolute atomic E-state index is 0.183. The molecule has 1 aromatic heterocycles. The zero-order valence-electron chi connectivity index (χ0n) is 8.86. The molecule has 0 aromatic carbocycles. The van der Waals surface area contributed by atoms with Gasteiger partial charge in [-0.3, -0.25) is 0 Å². The topological polar surface area (TPSA) is 72.2 Å². The molecule has 0 spiro atoms. The van der Waals surface area contributed by atoms with Crippen LogP contribution in [0.2, 0.25) is 0 Å². The summed E-state index contributed by atoms with van der Waals surface area (Å²) in [4.78, 5) is 0.983. The highest BCUT2D eigenvalue weighted by atomic mass is 32.2. The first-order valence-corrected chi connectivity index (χ1v) is 7.08. The van der Waals surface area contributed by atoms with E-state index in [4.69, 9.17) is 5.73 Å². The molecule has 1 rings (SSSR count). The molecule has 0 aliphatic carbocycles. The summed E-state index contributed by atoms with van der Waals surface area (Å²) in [6.07, 6.45) is 0.695. The Morgan fingerprint density at radius 3 is 2.60 bits per heavy atom. The fourth-order valence-electron chi connectivity index (χ4n) is 1.13. The molecule has 1 atom stereocenters. The first-order chi connectivity index (χ1) is 6.99. The third-order valence-electron chi connectivity index (χ3n) is 2.08. The van der Waals surface area contributed by atoms with E-state index < -0.39 is 10.0 Å². The Labute approximate surface area is 94.5 Å². The number of hydrogen-bond acceptors (Lipinski definition) is 4. The van der Waals surface area contributed by atoms with Crippen LogP contribution in [0.15, 0.2) is 16.3 Å². The van der Waals surface area contributed by atoms with Gasteiger partial charge in [0.1, 0.15) is 4.21 Å². The number of nitrogens with one attached hydrogen (secondary N) is 1. The van der Waals surface area contributed by atoms with Gasteiger partial charge in [0.15, 0.2) is 0 Å². The van der Waals surface area contributed by atoms with Crippen molar-refractivity contribution in [2.24, 2.45) is 5.73 Å². The fraction of sp³-hybridized carbons (Fsp3) is 0.556. The molecule has 15 heavy (non-hydrogen) atoms. The lowest BCUT2D eigenvalue weighted by molar-refractivity contribution is 0.544. The first kappa shape index (κ1) is 12.6. The molecular weight excluding hydrogens is 232 g/mol. The van der Waals surface area contributed by atoms with Crippen LogP contribution in [-0.2, 0) is 10.0 Å². The van der Waals surface area contributed by atoms with Gasteiger partial charge in [-0.05, 0) is 25.5 Å². The number of nitrogens with two attached hydrogens (primary N) is 1. The van der Waals surface area contributed by atoms with Gasteiger partial charge in [-0.25, -0.2) is 13.1 Å². The SMILES string of the molecule is CCC(CN)NS(=O)(=O)c1ccc(C)s1. The largest absolute Gasteiger partial charge is 0.329 e. The predicted octanol–water partition coefficient (Wildman–Crippen LogP) is 1.07. The van der Waals surface area contributed by atoms with E-state index in [1.165, 1.54) is 11.3 Å². The van der Waals surface area contributed by atoms with Crippen molar-refractivity contribution in [2.75, 3.05) is 6.54 Å². The fourth-order valence-corrected chi connectivity index (χ4v) is 3.76. The van der Waals surface area contributed by atoms with Gasteiger partial charge in [-0.15, -0.1) is 11.3 Å². The molecule has 0 bridgehead atoms. The van der Waals surface area contributed by atoms with Crippen molar-refractivity contribution in [1.82, 2.24) is 4.72 Å². The van der Waals surface area contributed by atoms with Crippen molar-refractivity contribution in [3.63, 3.8) is 0 Å². The van der Waals surface area contributed by atoms with Crippen LogP contribution in [0, 0.1) is 6.92 Å². The van der Waals surface area contributed by atoms with Crippen LogP contribution in [0.4, 0.5) is 0 Å². The standard InChI is InChI=1S/C9H16N2O2S2/c1-3-8(6-10)11-15(12,13)9-5-4-7(2)14-9/h4-5,8,11H,3,6,10H2,1-2H3. The summed E-state index contributed by atoms with van der Waals surface area (Å²) < 4.78 is 26.6. The lowest BCUT2D eigenvalue weighted by Gasteiger charge is -2.13. The van der Waals surface area contributed by atoms with E-state index in [1.54, 1.807) is 12.1 Å². The first-order valence-electron chi connectivity index (χ1n) is 4.78. The highest BCUT2D eigenvalue weighted by Crippen LogP contribution is 2.20. The Balaban J connectivity index is 2.84. The van der Waals surface area contributed by atoms with Gasteiger partial charge in [-0.2, -0.15) is 0 Å². The average Bonchev–Trinajstić information content (AvgIpc) is 2.62. The zero-order chi connectivity index (χ0) is 11.5. The van der Waals surface area contributed by atoms with E-state index >= 15 is 0 Å². The van der Waals surface area contributed by atoms with Gasteiger partial charge >= 0.3 is 0 Å². The summed E-state index contributed by atoms with van der Waals surface area (Å²) in [6.45, 7) is 4.10. The Hall–Kier alpha value is -0.430. The van der Waals surface area contributed by atoms with E-state index in [2.05, 4.69) is 4.72 Å². The third-order valence-corrected chi connectivity index (χ3v) is 5.09. The molecular formula is C9H16N2O2S2. The molecule has 0 aliphatic rings. The van der Waals surface area contributed by atoms with Crippen molar-refractivity contribution in [3.8, 4) is 0 Å². The molecule has 0 saturated heterocycles. The molecule has 0 radical (unpaired) electrons. The molecule has 4 nitrogen and oxygen atoms in total. The van der Waals surface area contributed by atoms with Crippen LogP contribution in [0.3, 0.4) is 0 Å². The minimum Gasteiger partial charge on any atom is -0.329 e. The zero-order valence-corrected chi connectivity index (χ0v) is 10.5. The second kappa shape index (κ2) is 5.07. The van der Waals surface area contributed by atoms with E-state index in [0.29, 0.717) is 17.2 Å². The van der Waals surface area contributed by atoms with Gasteiger partial charge in [0.05, 0.1) is 0 Å². The Kier molecular flexibility index (Phi) is 4.27. The number of hydrogen-bond donors (Lipinski definition) is 2. The Morgan fingerprint density at radius 2 is 2.20 bits per heavy atom. The van der Waals surface area contributed by atoms with Crippen molar-refractivity contribution < 1.29 is 8.42 Å². The number of aryl methyl sites for hydroxylation is 1. The molecule has 6 heteroatoms. The third kappa shape index (κ3) is 3.27. The lowest BCUT2D eigenvalue weighted by Crippen LogP contribution is -2.39. The van der Waals surface area contributed by atoms with Crippen LogP contribution in [0.25, 0.3) is 0 Å². The average molecular weight is 248 g/mol. The van der Waals surface area contributed by atoms with Gasteiger partial charge in [0, 0.05) is 17.5 Å². The summed E-state index contributed by atoms with van der Waals surface area (Å²) >= 11 is 1.27. The predicted molar refractivity (Wildman–Crippen MR) is 62.5 cm³/mol. The second-order valence-corrected chi connectivity index (χ2v) is 6.56. The van der Waals surface area contributed by atoms with Crippen molar-refractivity contribution >= 4 is 21.4 Å².